The third-order valence-electron chi connectivity index (χ3n) is 2.85. The minimum atomic E-state index is -0.496. The molecule has 0 aliphatic heterocycles. The highest BCUT2D eigenvalue weighted by atomic mass is 16.5. The van der Waals surface area contributed by atoms with Crippen molar-refractivity contribution in [1.29, 1.82) is 0 Å². The maximum absolute atomic E-state index is 11.7. The maximum atomic E-state index is 11.7. The molecule has 18 heavy (non-hydrogen) atoms. The van der Waals surface area contributed by atoms with Crippen LogP contribution in [0.4, 0.5) is 0 Å². The molecule has 0 radical (unpaired) electrons. The number of carbonyl (C=O) groups excluding carboxylic acids is 1. The average Bonchev–Trinajstić information content (AvgIpc) is 2.35. The summed E-state index contributed by atoms with van der Waals surface area (Å²) in [5.74, 6) is 0.963. The number of carbonyl (C=O) groups is 1. The van der Waals surface area contributed by atoms with Gasteiger partial charge in [-0.15, -0.1) is 0 Å². The van der Waals surface area contributed by atoms with Crippen LogP contribution in [0.15, 0.2) is 24.3 Å². The summed E-state index contributed by atoms with van der Waals surface area (Å²) in [6.07, 6.45) is 0. The van der Waals surface area contributed by atoms with Crippen LogP contribution in [0.2, 0.25) is 0 Å². The van der Waals surface area contributed by atoms with Gasteiger partial charge in [0.05, 0.1) is 19.2 Å². The standard InChI is InChI=1S/C14H22N2O2/c1-9(2)13(16-14(17)10(3)15)11-5-7-12(18-4)8-6-11/h5-10,13H,15H2,1-4H3,(H,16,17)/t10-,13?/m1/s1. The van der Waals surface area contributed by atoms with Gasteiger partial charge in [-0.3, -0.25) is 4.79 Å². The summed E-state index contributed by atoms with van der Waals surface area (Å²) in [5, 5.41) is 2.96. The first-order chi connectivity index (χ1) is 8.45. The molecule has 0 aliphatic carbocycles. The Hall–Kier alpha value is -1.55. The quantitative estimate of drug-likeness (QED) is 0.838. The fourth-order valence-electron chi connectivity index (χ4n) is 1.73. The number of nitrogens with two attached hydrogens (primary N) is 1. The average molecular weight is 250 g/mol. The molecule has 1 amide bonds. The van der Waals surface area contributed by atoms with Crippen molar-refractivity contribution in [2.45, 2.75) is 32.9 Å². The van der Waals surface area contributed by atoms with E-state index in [1.165, 1.54) is 0 Å². The van der Waals surface area contributed by atoms with Crippen LogP contribution in [0.25, 0.3) is 0 Å². The summed E-state index contributed by atoms with van der Waals surface area (Å²) < 4.78 is 5.12. The monoisotopic (exact) mass is 250 g/mol. The first kappa shape index (κ1) is 14.5. The van der Waals surface area contributed by atoms with Crippen LogP contribution in [0, 0.1) is 5.92 Å². The molecule has 3 N–H and O–H groups in total. The number of ether oxygens (including phenoxy) is 1. The third-order valence-corrected chi connectivity index (χ3v) is 2.85. The second kappa shape index (κ2) is 6.40. The molecule has 4 heteroatoms. The Morgan fingerprint density at radius 1 is 1.22 bits per heavy atom. The molecule has 100 valence electrons. The Balaban J connectivity index is 2.87. The van der Waals surface area contributed by atoms with E-state index in [9.17, 15) is 4.79 Å². The highest BCUT2D eigenvalue weighted by Crippen LogP contribution is 2.23. The molecule has 0 spiro atoms. The van der Waals surface area contributed by atoms with Gasteiger partial charge in [0.1, 0.15) is 5.75 Å². The van der Waals surface area contributed by atoms with Crippen molar-refractivity contribution in [3.8, 4) is 5.75 Å². The topological polar surface area (TPSA) is 64.3 Å². The molecule has 0 bridgehead atoms. The van der Waals surface area contributed by atoms with Crippen LogP contribution in [-0.2, 0) is 4.79 Å². The molecule has 0 aliphatic rings. The number of hydrogen-bond acceptors (Lipinski definition) is 3. The Morgan fingerprint density at radius 2 is 1.78 bits per heavy atom. The smallest absolute Gasteiger partial charge is 0.237 e. The van der Waals surface area contributed by atoms with E-state index in [1.54, 1.807) is 14.0 Å². The summed E-state index contributed by atoms with van der Waals surface area (Å²) >= 11 is 0. The summed E-state index contributed by atoms with van der Waals surface area (Å²) in [6.45, 7) is 5.81. The largest absolute Gasteiger partial charge is 0.497 e. The molecule has 1 unspecified atom stereocenters. The molecule has 0 heterocycles. The first-order valence-corrected chi connectivity index (χ1v) is 6.15. The third kappa shape index (κ3) is 3.74. The number of hydrogen-bond donors (Lipinski definition) is 2. The van der Waals surface area contributed by atoms with Crippen molar-refractivity contribution >= 4 is 5.91 Å². The molecule has 2 atom stereocenters. The lowest BCUT2D eigenvalue weighted by Gasteiger charge is -2.24. The highest BCUT2D eigenvalue weighted by molar-refractivity contribution is 5.81. The Kier molecular flexibility index (Phi) is 5.16. The number of nitrogens with one attached hydrogen (secondary N) is 1. The molecule has 0 aromatic heterocycles. The number of benzene rings is 1. The van der Waals surface area contributed by atoms with Crippen molar-refractivity contribution < 1.29 is 9.53 Å². The fourth-order valence-corrected chi connectivity index (χ4v) is 1.73. The Labute approximate surface area is 109 Å². The zero-order valence-electron chi connectivity index (χ0n) is 11.4. The second-order valence-corrected chi connectivity index (χ2v) is 4.79. The van der Waals surface area contributed by atoms with E-state index in [2.05, 4.69) is 19.2 Å². The lowest BCUT2D eigenvalue weighted by molar-refractivity contribution is -0.123. The minimum Gasteiger partial charge on any atom is -0.497 e. The predicted molar refractivity (Wildman–Crippen MR) is 72.4 cm³/mol. The number of rotatable bonds is 5. The van der Waals surface area contributed by atoms with Gasteiger partial charge in [-0.2, -0.15) is 0 Å². The van der Waals surface area contributed by atoms with Gasteiger partial charge < -0.3 is 15.8 Å². The summed E-state index contributed by atoms with van der Waals surface area (Å²) in [4.78, 5) is 11.7. The van der Waals surface area contributed by atoms with Crippen LogP contribution >= 0.6 is 0 Å². The van der Waals surface area contributed by atoms with Gasteiger partial charge in [0.15, 0.2) is 0 Å². The molecule has 4 nitrogen and oxygen atoms in total. The summed E-state index contributed by atoms with van der Waals surface area (Å²) in [6, 6.07) is 7.18. The van der Waals surface area contributed by atoms with Crippen molar-refractivity contribution in [1.82, 2.24) is 5.32 Å². The number of methoxy groups -OCH3 is 1. The van der Waals surface area contributed by atoms with Gasteiger partial charge in [-0.1, -0.05) is 26.0 Å². The molecule has 0 fully saturated rings. The first-order valence-electron chi connectivity index (χ1n) is 6.15. The zero-order valence-corrected chi connectivity index (χ0v) is 11.4. The van der Waals surface area contributed by atoms with Crippen LogP contribution < -0.4 is 15.8 Å². The fraction of sp³-hybridized carbons (Fsp3) is 0.500. The zero-order chi connectivity index (χ0) is 13.7. The van der Waals surface area contributed by atoms with Crippen LogP contribution in [-0.4, -0.2) is 19.1 Å². The van der Waals surface area contributed by atoms with Crippen molar-refractivity contribution in [2.75, 3.05) is 7.11 Å². The lowest BCUT2D eigenvalue weighted by Crippen LogP contribution is -2.41. The molecular weight excluding hydrogens is 228 g/mol. The van der Waals surface area contributed by atoms with Crippen LogP contribution in [0.3, 0.4) is 0 Å². The van der Waals surface area contributed by atoms with Crippen molar-refractivity contribution in [3.63, 3.8) is 0 Å². The molecular formula is C14H22N2O2. The van der Waals surface area contributed by atoms with E-state index in [1.807, 2.05) is 24.3 Å². The van der Waals surface area contributed by atoms with Crippen molar-refractivity contribution in [3.05, 3.63) is 29.8 Å². The second-order valence-electron chi connectivity index (χ2n) is 4.79. The van der Waals surface area contributed by atoms with Gasteiger partial charge >= 0.3 is 0 Å². The minimum absolute atomic E-state index is 0.0330. The van der Waals surface area contributed by atoms with Crippen molar-refractivity contribution in [2.24, 2.45) is 11.7 Å². The molecule has 1 aromatic rings. The van der Waals surface area contributed by atoms with Gasteiger partial charge in [0.2, 0.25) is 5.91 Å². The molecule has 0 saturated carbocycles. The predicted octanol–water partition coefficient (Wildman–Crippen LogP) is 1.86. The molecule has 1 rings (SSSR count). The molecule has 0 saturated heterocycles. The Morgan fingerprint density at radius 3 is 2.17 bits per heavy atom. The van der Waals surface area contributed by atoms with E-state index in [0.29, 0.717) is 5.92 Å². The van der Waals surface area contributed by atoms with E-state index in [-0.39, 0.29) is 11.9 Å². The van der Waals surface area contributed by atoms with Crippen LogP contribution in [0.5, 0.6) is 5.75 Å². The SMILES string of the molecule is COc1ccc(C(NC(=O)[C@@H](C)N)C(C)C)cc1. The highest BCUT2D eigenvalue weighted by Gasteiger charge is 2.19. The van der Waals surface area contributed by atoms with E-state index in [4.69, 9.17) is 10.5 Å². The van der Waals surface area contributed by atoms with E-state index in [0.717, 1.165) is 11.3 Å². The van der Waals surface area contributed by atoms with E-state index >= 15 is 0 Å². The number of amides is 1. The van der Waals surface area contributed by atoms with Gasteiger partial charge in [0, 0.05) is 0 Å². The van der Waals surface area contributed by atoms with E-state index < -0.39 is 6.04 Å². The summed E-state index contributed by atoms with van der Waals surface area (Å²) in [7, 11) is 1.63. The lowest BCUT2D eigenvalue weighted by atomic mass is 9.95. The molecule has 1 aromatic carbocycles. The van der Waals surface area contributed by atoms with Gasteiger partial charge in [0.25, 0.3) is 0 Å². The maximum Gasteiger partial charge on any atom is 0.237 e. The van der Waals surface area contributed by atoms with Gasteiger partial charge in [-0.25, -0.2) is 0 Å². The summed E-state index contributed by atoms with van der Waals surface area (Å²) in [5.41, 5.74) is 6.63. The van der Waals surface area contributed by atoms with Gasteiger partial charge in [-0.05, 0) is 30.5 Å². The Bertz CT molecular complexity index is 385. The van der Waals surface area contributed by atoms with Crippen LogP contribution in [0.1, 0.15) is 32.4 Å². The normalized spacial score (nSPS) is 14.1.